The average Bonchev–Trinajstić information content (AvgIpc) is 3.24. The molecule has 31 heavy (non-hydrogen) atoms. The lowest BCUT2D eigenvalue weighted by atomic mass is 10.1. The lowest BCUT2D eigenvalue weighted by Crippen LogP contribution is -2.34. The number of amides is 1. The number of hydrogen-bond acceptors (Lipinski definition) is 6. The number of carbonyl (C=O) groups is 2. The fourth-order valence-corrected chi connectivity index (χ4v) is 2.97. The number of carbonyl (C=O) groups excluding carboxylic acids is 1. The van der Waals surface area contributed by atoms with Crippen molar-refractivity contribution in [1.82, 2.24) is 20.0 Å². The summed E-state index contributed by atoms with van der Waals surface area (Å²) in [5.74, 6) is -1.33. The molecule has 9 nitrogen and oxygen atoms in total. The van der Waals surface area contributed by atoms with Gasteiger partial charge in [-0.2, -0.15) is 4.98 Å². The lowest BCUT2D eigenvalue weighted by molar-refractivity contribution is 0.0694. The van der Waals surface area contributed by atoms with Gasteiger partial charge in [0.05, 0.1) is 0 Å². The van der Waals surface area contributed by atoms with Crippen molar-refractivity contribution < 1.29 is 19.2 Å². The van der Waals surface area contributed by atoms with E-state index in [0.717, 1.165) is 5.56 Å². The van der Waals surface area contributed by atoms with Crippen LogP contribution in [0.15, 0.2) is 52.0 Å². The Balaban J connectivity index is 1.83. The third-order valence-electron chi connectivity index (χ3n) is 4.75. The third kappa shape index (κ3) is 5.25. The SMILES string of the molecule is CC(C)c1noc(C(C)NC(=O)c2cn(CCc3ccccc3)cc(C(=O)O)c2=O)n1. The molecule has 1 amide bonds. The first-order valence-electron chi connectivity index (χ1n) is 9.92. The second-order valence-electron chi connectivity index (χ2n) is 7.53. The molecule has 1 atom stereocenters. The zero-order valence-electron chi connectivity index (χ0n) is 17.5. The third-order valence-corrected chi connectivity index (χ3v) is 4.75. The van der Waals surface area contributed by atoms with E-state index >= 15 is 0 Å². The fraction of sp³-hybridized carbons (Fsp3) is 0.318. The highest BCUT2D eigenvalue weighted by molar-refractivity contribution is 5.97. The minimum Gasteiger partial charge on any atom is -0.477 e. The number of carboxylic acid groups (broad SMARTS) is 1. The molecule has 0 bridgehead atoms. The maximum atomic E-state index is 12.8. The predicted octanol–water partition coefficient (Wildman–Crippen LogP) is 2.79. The summed E-state index contributed by atoms with van der Waals surface area (Å²) in [7, 11) is 0. The number of benzene rings is 1. The van der Waals surface area contributed by atoms with Crippen LogP contribution in [0.2, 0.25) is 0 Å². The highest BCUT2D eigenvalue weighted by atomic mass is 16.5. The second kappa shape index (κ2) is 9.38. The Morgan fingerprint density at radius 3 is 2.42 bits per heavy atom. The van der Waals surface area contributed by atoms with Gasteiger partial charge in [0.25, 0.3) is 5.91 Å². The summed E-state index contributed by atoms with van der Waals surface area (Å²) in [5.41, 5.74) is -0.520. The summed E-state index contributed by atoms with van der Waals surface area (Å²) in [5, 5.41) is 15.9. The van der Waals surface area contributed by atoms with Gasteiger partial charge >= 0.3 is 5.97 Å². The van der Waals surface area contributed by atoms with Crippen LogP contribution in [0.1, 0.15) is 70.7 Å². The van der Waals surface area contributed by atoms with Crippen molar-refractivity contribution in [2.75, 3.05) is 0 Å². The van der Waals surface area contributed by atoms with E-state index in [1.807, 2.05) is 44.2 Å². The number of hydrogen-bond donors (Lipinski definition) is 2. The van der Waals surface area contributed by atoms with E-state index < -0.39 is 28.9 Å². The predicted molar refractivity (Wildman–Crippen MR) is 112 cm³/mol. The molecule has 3 aromatic rings. The highest BCUT2D eigenvalue weighted by Gasteiger charge is 2.23. The van der Waals surface area contributed by atoms with Gasteiger partial charge in [0.15, 0.2) is 5.82 Å². The molecule has 0 fully saturated rings. The molecule has 9 heteroatoms. The van der Waals surface area contributed by atoms with Gasteiger partial charge in [0.2, 0.25) is 11.3 Å². The molecule has 0 radical (unpaired) electrons. The van der Waals surface area contributed by atoms with Gasteiger partial charge in [-0.1, -0.05) is 49.3 Å². The molecule has 1 unspecified atom stereocenters. The first-order chi connectivity index (χ1) is 14.8. The zero-order chi connectivity index (χ0) is 22.5. The molecule has 162 valence electrons. The minimum absolute atomic E-state index is 0.0597. The Hall–Kier alpha value is -3.75. The number of pyridine rings is 1. The van der Waals surface area contributed by atoms with Gasteiger partial charge in [-0.05, 0) is 18.9 Å². The first-order valence-corrected chi connectivity index (χ1v) is 9.92. The van der Waals surface area contributed by atoms with E-state index in [1.54, 1.807) is 11.5 Å². The Morgan fingerprint density at radius 1 is 1.13 bits per heavy atom. The molecule has 0 saturated carbocycles. The van der Waals surface area contributed by atoms with E-state index in [2.05, 4.69) is 15.5 Å². The summed E-state index contributed by atoms with van der Waals surface area (Å²) in [4.78, 5) is 41.2. The molecule has 2 heterocycles. The van der Waals surface area contributed by atoms with Crippen LogP contribution < -0.4 is 10.7 Å². The largest absolute Gasteiger partial charge is 0.477 e. The van der Waals surface area contributed by atoms with Crippen LogP contribution in [0.25, 0.3) is 0 Å². The van der Waals surface area contributed by atoms with Crippen LogP contribution in [0.4, 0.5) is 0 Å². The monoisotopic (exact) mass is 424 g/mol. The minimum atomic E-state index is -1.39. The summed E-state index contributed by atoms with van der Waals surface area (Å²) >= 11 is 0. The van der Waals surface area contributed by atoms with Crippen LogP contribution in [0.5, 0.6) is 0 Å². The molecule has 0 spiro atoms. The number of aromatic carboxylic acids is 1. The Labute approximate surface area is 178 Å². The lowest BCUT2D eigenvalue weighted by Gasteiger charge is -2.13. The van der Waals surface area contributed by atoms with Gasteiger partial charge < -0.3 is 19.5 Å². The molecule has 0 saturated heterocycles. The van der Waals surface area contributed by atoms with E-state index in [4.69, 9.17) is 4.52 Å². The van der Waals surface area contributed by atoms with Crippen LogP contribution >= 0.6 is 0 Å². The number of nitrogens with zero attached hydrogens (tertiary/aromatic N) is 3. The first kappa shape index (κ1) is 21.9. The van der Waals surface area contributed by atoms with Crippen molar-refractivity contribution in [1.29, 1.82) is 0 Å². The summed E-state index contributed by atoms with van der Waals surface area (Å²) in [6.07, 6.45) is 3.23. The van der Waals surface area contributed by atoms with Crippen LogP contribution in [-0.2, 0) is 13.0 Å². The molecular weight excluding hydrogens is 400 g/mol. The van der Waals surface area contributed by atoms with E-state index in [9.17, 15) is 19.5 Å². The molecule has 2 aromatic heterocycles. The number of aromatic nitrogens is 3. The smallest absolute Gasteiger partial charge is 0.341 e. The Bertz CT molecular complexity index is 1130. The number of aryl methyl sites for hydroxylation is 2. The molecule has 0 aliphatic heterocycles. The summed E-state index contributed by atoms with van der Waals surface area (Å²) in [6, 6.07) is 8.97. The van der Waals surface area contributed by atoms with Crippen LogP contribution in [0.3, 0.4) is 0 Å². The maximum Gasteiger partial charge on any atom is 0.341 e. The summed E-state index contributed by atoms with van der Waals surface area (Å²) < 4.78 is 6.72. The van der Waals surface area contributed by atoms with E-state index in [0.29, 0.717) is 18.8 Å². The van der Waals surface area contributed by atoms with Crippen molar-refractivity contribution in [2.45, 2.75) is 45.7 Å². The van der Waals surface area contributed by atoms with Crippen LogP contribution in [-0.4, -0.2) is 31.7 Å². The topological polar surface area (TPSA) is 127 Å². The molecule has 3 rings (SSSR count). The summed E-state index contributed by atoms with van der Waals surface area (Å²) in [6.45, 7) is 5.87. The van der Waals surface area contributed by atoms with Crippen molar-refractivity contribution in [2.24, 2.45) is 0 Å². The Morgan fingerprint density at radius 2 is 1.81 bits per heavy atom. The molecule has 1 aromatic carbocycles. The molecule has 2 N–H and O–H groups in total. The quantitative estimate of drug-likeness (QED) is 0.569. The molecule has 0 aliphatic carbocycles. The van der Waals surface area contributed by atoms with Crippen LogP contribution in [0, 0.1) is 0 Å². The van der Waals surface area contributed by atoms with Gasteiger partial charge in [0, 0.05) is 24.9 Å². The van der Waals surface area contributed by atoms with Gasteiger partial charge in [-0.25, -0.2) is 4.79 Å². The highest BCUT2D eigenvalue weighted by Crippen LogP contribution is 2.15. The normalized spacial score (nSPS) is 12.0. The molecular formula is C22H24N4O5. The van der Waals surface area contributed by atoms with Crippen molar-refractivity contribution in [3.05, 3.63) is 81.4 Å². The van der Waals surface area contributed by atoms with Crippen molar-refractivity contribution in [3.63, 3.8) is 0 Å². The van der Waals surface area contributed by atoms with Gasteiger partial charge in [-0.3, -0.25) is 9.59 Å². The fourth-order valence-electron chi connectivity index (χ4n) is 2.97. The van der Waals surface area contributed by atoms with Gasteiger partial charge in [0.1, 0.15) is 17.2 Å². The number of rotatable bonds is 8. The maximum absolute atomic E-state index is 12.8. The number of carboxylic acids is 1. The Kier molecular flexibility index (Phi) is 6.64. The van der Waals surface area contributed by atoms with E-state index in [1.165, 1.54) is 12.4 Å². The van der Waals surface area contributed by atoms with Gasteiger partial charge in [-0.15, -0.1) is 0 Å². The molecule has 0 aliphatic rings. The zero-order valence-corrected chi connectivity index (χ0v) is 17.5. The number of nitrogens with one attached hydrogen (secondary N) is 1. The average molecular weight is 424 g/mol. The second-order valence-corrected chi connectivity index (χ2v) is 7.53. The van der Waals surface area contributed by atoms with Crippen molar-refractivity contribution in [3.8, 4) is 0 Å². The van der Waals surface area contributed by atoms with Crippen molar-refractivity contribution >= 4 is 11.9 Å². The standard InChI is InChI=1S/C22H24N4O5/c1-13(2)19-24-21(31-25-19)14(3)23-20(28)16-11-26(12-17(18(16)27)22(29)30)10-9-15-7-5-4-6-8-15/h4-8,11-14H,9-10H2,1-3H3,(H,23,28)(H,29,30). The van der Waals surface area contributed by atoms with E-state index in [-0.39, 0.29) is 17.4 Å².